The van der Waals surface area contributed by atoms with Gasteiger partial charge in [0.1, 0.15) is 5.01 Å². The molecule has 1 fully saturated rings. The number of anilines is 1. The number of carbonyl (C=O) groups is 1. The van der Waals surface area contributed by atoms with Crippen molar-refractivity contribution in [2.24, 2.45) is 0 Å². The van der Waals surface area contributed by atoms with E-state index in [-0.39, 0.29) is 12.6 Å². The second-order valence-corrected chi connectivity index (χ2v) is 6.41. The summed E-state index contributed by atoms with van der Waals surface area (Å²) in [6.45, 7) is 0.189. The van der Waals surface area contributed by atoms with E-state index in [1.165, 1.54) is 11.3 Å². The Labute approximate surface area is 132 Å². The molecule has 116 valence electrons. The van der Waals surface area contributed by atoms with Gasteiger partial charge in [-0.05, 0) is 18.4 Å². The summed E-state index contributed by atoms with van der Waals surface area (Å²) in [5, 5.41) is 24.7. The van der Waals surface area contributed by atoms with Crippen molar-refractivity contribution in [1.82, 2.24) is 15.5 Å². The summed E-state index contributed by atoms with van der Waals surface area (Å²) in [5.41, 5.74) is 1.04. The number of aromatic nitrogens is 2. The van der Waals surface area contributed by atoms with Crippen LogP contribution in [0.2, 0.25) is 0 Å². The normalized spacial score (nSPS) is 15.3. The molecule has 1 heterocycles. The monoisotopic (exact) mass is 318 g/mol. The van der Waals surface area contributed by atoms with Gasteiger partial charge in [0.05, 0.1) is 6.10 Å². The molecule has 1 aromatic heterocycles. The van der Waals surface area contributed by atoms with Gasteiger partial charge in [0.2, 0.25) is 5.13 Å². The zero-order chi connectivity index (χ0) is 15.4. The Balaban J connectivity index is 1.41. The lowest BCUT2D eigenvalue weighted by molar-refractivity contribution is 0.172. The summed E-state index contributed by atoms with van der Waals surface area (Å²) in [5.74, 6) is 0.531. The summed E-state index contributed by atoms with van der Waals surface area (Å²) in [6, 6.07) is 9.31. The maximum absolute atomic E-state index is 11.8. The van der Waals surface area contributed by atoms with Gasteiger partial charge in [0.25, 0.3) is 0 Å². The SMILES string of the molecule is O=C(NCC(O)Cc1ccccc1)Nc1nnc(C2CC2)s1. The van der Waals surface area contributed by atoms with Crippen LogP contribution in [0.5, 0.6) is 0 Å². The summed E-state index contributed by atoms with van der Waals surface area (Å²) < 4.78 is 0. The fourth-order valence-corrected chi connectivity index (χ4v) is 3.00. The summed E-state index contributed by atoms with van der Waals surface area (Å²) >= 11 is 1.41. The van der Waals surface area contributed by atoms with Crippen molar-refractivity contribution in [1.29, 1.82) is 0 Å². The topological polar surface area (TPSA) is 87.1 Å². The van der Waals surface area contributed by atoms with E-state index in [0.29, 0.717) is 17.5 Å². The molecule has 0 radical (unpaired) electrons. The Morgan fingerprint density at radius 3 is 2.82 bits per heavy atom. The van der Waals surface area contributed by atoms with E-state index < -0.39 is 6.10 Å². The van der Waals surface area contributed by atoms with Gasteiger partial charge in [-0.25, -0.2) is 4.79 Å². The van der Waals surface area contributed by atoms with Gasteiger partial charge in [0, 0.05) is 18.9 Å². The van der Waals surface area contributed by atoms with Crippen molar-refractivity contribution in [2.45, 2.75) is 31.3 Å². The number of nitrogens with one attached hydrogen (secondary N) is 2. The fraction of sp³-hybridized carbons (Fsp3) is 0.400. The molecule has 1 aliphatic carbocycles. The van der Waals surface area contributed by atoms with Crippen molar-refractivity contribution in [3.05, 3.63) is 40.9 Å². The highest BCUT2D eigenvalue weighted by atomic mass is 32.1. The van der Waals surface area contributed by atoms with Gasteiger partial charge in [0.15, 0.2) is 0 Å². The lowest BCUT2D eigenvalue weighted by atomic mass is 10.1. The van der Waals surface area contributed by atoms with Crippen molar-refractivity contribution in [3.63, 3.8) is 0 Å². The molecule has 22 heavy (non-hydrogen) atoms. The highest BCUT2D eigenvalue weighted by Crippen LogP contribution is 2.41. The Kier molecular flexibility index (Phi) is 4.65. The second-order valence-electron chi connectivity index (χ2n) is 5.40. The van der Waals surface area contributed by atoms with Crippen LogP contribution in [0.15, 0.2) is 30.3 Å². The van der Waals surface area contributed by atoms with E-state index in [0.717, 1.165) is 23.4 Å². The number of nitrogens with zero attached hydrogens (tertiary/aromatic N) is 2. The first-order valence-corrected chi connectivity index (χ1v) is 8.12. The molecule has 1 saturated carbocycles. The Morgan fingerprint density at radius 1 is 1.32 bits per heavy atom. The van der Waals surface area contributed by atoms with E-state index in [1.807, 2.05) is 30.3 Å². The standard InChI is InChI=1S/C15H18N4O2S/c20-12(8-10-4-2-1-3-5-10)9-16-14(21)17-15-19-18-13(22-15)11-6-7-11/h1-5,11-12,20H,6-9H2,(H2,16,17,19,21). The third kappa shape index (κ3) is 4.25. The highest BCUT2D eigenvalue weighted by molar-refractivity contribution is 7.15. The Bertz CT molecular complexity index is 627. The van der Waals surface area contributed by atoms with Gasteiger partial charge in [-0.3, -0.25) is 5.32 Å². The summed E-state index contributed by atoms with van der Waals surface area (Å²) in [7, 11) is 0. The predicted molar refractivity (Wildman–Crippen MR) is 85.1 cm³/mol. The number of aliphatic hydroxyl groups is 1. The number of hydrogen-bond acceptors (Lipinski definition) is 5. The van der Waals surface area contributed by atoms with Crippen molar-refractivity contribution < 1.29 is 9.90 Å². The number of hydrogen-bond donors (Lipinski definition) is 3. The van der Waals surface area contributed by atoms with Crippen LogP contribution in [0.25, 0.3) is 0 Å². The molecule has 0 spiro atoms. The molecule has 0 saturated heterocycles. The van der Waals surface area contributed by atoms with Gasteiger partial charge in [-0.2, -0.15) is 0 Å². The molecule has 1 atom stereocenters. The average molecular weight is 318 g/mol. The molecular weight excluding hydrogens is 300 g/mol. The van der Waals surface area contributed by atoms with E-state index in [4.69, 9.17) is 0 Å². The quantitative estimate of drug-likeness (QED) is 0.761. The van der Waals surface area contributed by atoms with E-state index in [2.05, 4.69) is 20.8 Å². The third-order valence-electron chi connectivity index (χ3n) is 3.40. The number of urea groups is 1. The summed E-state index contributed by atoms with van der Waals surface area (Å²) in [6.07, 6.45) is 2.20. The molecule has 3 N–H and O–H groups in total. The molecule has 3 rings (SSSR count). The van der Waals surface area contributed by atoms with Crippen molar-refractivity contribution >= 4 is 22.5 Å². The third-order valence-corrected chi connectivity index (χ3v) is 4.40. The lowest BCUT2D eigenvalue weighted by Gasteiger charge is -2.11. The number of amides is 2. The zero-order valence-electron chi connectivity index (χ0n) is 12.0. The van der Waals surface area contributed by atoms with Gasteiger partial charge in [-0.1, -0.05) is 41.7 Å². The molecule has 2 aromatic rings. The molecule has 6 nitrogen and oxygen atoms in total. The lowest BCUT2D eigenvalue weighted by Crippen LogP contribution is -2.36. The molecule has 1 aromatic carbocycles. The molecule has 0 bridgehead atoms. The van der Waals surface area contributed by atoms with E-state index >= 15 is 0 Å². The minimum absolute atomic E-state index is 0.189. The molecule has 1 aliphatic rings. The van der Waals surface area contributed by atoms with Crippen LogP contribution in [-0.4, -0.2) is 34.0 Å². The molecule has 2 amide bonds. The van der Waals surface area contributed by atoms with E-state index in [9.17, 15) is 9.90 Å². The number of benzene rings is 1. The van der Waals surface area contributed by atoms with Crippen LogP contribution < -0.4 is 10.6 Å². The zero-order valence-corrected chi connectivity index (χ0v) is 12.8. The molecule has 0 aliphatic heterocycles. The second kappa shape index (κ2) is 6.85. The maximum atomic E-state index is 11.8. The van der Waals surface area contributed by atoms with Gasteiger partial charge >= 0.3 is 6.03 Å². The molecular formula is C15H18N4O2S. The minimum Gasteiger partial charge on any atom is -0.391 e. The van der Waals surface area contributed by atoms with Crippen LogP contribution >= 0.6 is 11.3 Å². The van der Waals surface area contributed by atoms with Crippen LogP contribution in [-0.2, 0) is 6.42 Å². The summed E-state index contributed by atoms with van der Waals surface area (Å²) in [4.78, 5) is 11.8. The average Bonchev–Trinajstić information content (AvgIpc) is 3.27. The van der Waals surface area contributed by atoms with Crippen molar-refractivity contribution in [2.75, 3.05) is 11.9 Å². The largest absolute Gasteiger partial charge is 0.391 e. The first-order valence-electron chi connectivity index (χ1n) is 7.31. The van der Waals surface area contributed by atoms with Gasteiger partial charge in [-0.15, -0.1) is 10.2 Å². The Morgan fingerprint density at radius 2 is 2.09 bits per heavy atom. The van der Waals surface area contributed by atoms with Crippen LogP contribution in [0.1, 0.15) is 29.3 Å². The van der Waals surface area contributed by atoms with Crippen LogP contribution in [0.4, 0.5) is 9.93 Å². The minimum atomic E-state index is -0.621. The van der Waals surface area contributed by atoms with E-state index in [1.54, 1.807) is 0 Å². The number of rotatable bonds is 6. The first-order chi connectivity index (χ1) is 10.7. The van der Waals surface area contributed by atoms with Crippen LogP contribution in [0, 0.1) is 0 Å². The number of aliphatic hydroxyl groups excluding tert-OH is 1. The molecule has 7 heteroatoms. The Hall–Kier alpha value is -1.99. The van der Waals surface area contributed by atoms with Crippen LogP contribution in [0.3, 0.4) is 0 Å². The number of carbonyl (C=O) groups excluding carboxylic acids is 1. The highest BCUT2D eigenvalue weighted by Gasteiger charge is 2.27. The fourth-order valence-electron chi connectivity index (χ4n) is 2.09. The van der Waals surface area contributed by atoms with Gasteiger partial charge < -0.3 is 10.4 Å². The first kappa shape index (κ1) is 14.9. The maximum Gasteiger partial charge on any atom is 0.321 e. The predicted octanol–water partition coefficient (Wildman–Crippen LogP) is 2.14. The van der Waals surface area contributed by atoms with Crippen molar-refractivity contribution in [3.8, 4) is 0 Å². The molecule has 1 unspecified atom stereocenters. The smallest absolute Gasteiger partial charge is 0.321 e.